The average Bonchev–Trinajstić information content (AvgIpc) is 2.44. The fourth-order valence-corrected chi connectivity index (χ4v) is 2.40. The number of anilines is 1. The summed E-state index contributed by atoms with van der Waals surface area (Å²) in [7, 11) is 0. The lowest BCUT2D eigenvalue weighted by molar-refractivity contribution is 0.0942. The van der Waals surface area contributed by atoms with E-state index in [1.165, 1.54) is 11.3 Å². The lowest BCUT2D eigenvalue weighted by Gasteiger charge is -2.04. The van der Waals surface area contributed by atoms with Crippen LogP contribution in [0.15, 0.2) is 0 Å². The van der Waals surface area contributed by atoms with Crippen molar-refractivity contribution in [3.63, 3.8) is 0 Å². The van der Waals surface area contributed by atoms with Crippen molar-refractivity contribution in [2.75, 3.05) is 5.32 Å². The molecular formula is C11H18N2OS. The number of hydrogen-bond donors (Lipinski definition) is 1. The highest BCUT2D eigenvalue weighted by atomic mass is 32.1. The average molecular weight is 226 g/mol. The standard InChI is InChI=1S/C11H18N2OS/c1-6(2)9(14)10-8(5)13-11(15-10)12-7(3)4/h6-7H,1-5H3,(H,12,13). The number of rotatable bonds is 4. The molecule has 1 heterocycles. The van der Waals surface area contributed by atoms with E-state index < -0.39 is 0 Å². The summed E-state index contributed by atoms with van der Waals surface area (Å²) in [6, 6.07) is 0.345. The molecule has 15 heavy (non-hydrogen) atoms. The number of Topliss-reactive ketones (excluding diaryl/α,β-unsaturated/α-hetero) is 1. The van der Waals surface area contributed by atoms with Gasteiger partial charge >= 0.3 is 0 Å². The highest BCUT2D eigenvalue weighted by Crippen LogP contribution is 2.25. The van der Waals surface area contributed by atoms with Crippen LogP contribution >= 0.6 is 11.3 Å². The van der Waals surface area contributed by atoms with Crippen molar-refractivity contribution in [1.82, 2.24) is 4.98 Å². The van der Waals surface area contributed by atoms with Crippen molar-refractivity contribution in [2.24, 2.45) is 5.92 Å². The lowest BCUT2D eigenvalue weighted by Crippen LogP contribution is -2.08. The quantitative estimate of drug-likeness (QED) is 0.802. The fourth-order valence-electron chi connectivity index (χ4n) is 1.20. The molecule has 0 bridgehead atoms. The van der Waals surface area contributed by atoms with Gasteiger partial charge in [-0.05, 0) is 20.8 Å². The molecule has 0 aliphatic rings. The maximum absolute atomic E-state index is 11.8. The van der Waals surface area contributed by atoms with Gasteiger partial charge in [0.15, 0.2) is 10.9 Å². The Labute approximate surface area is 94.9 Å². The Morgan fingerprint density at radius 3 is 2.40 bits per heavy atom. The summed E-state index contributed by atoms with van der Waals surface area (Å²) < 4.78 is 0. The fraction of sp³-hybridized carbons (Fsp3) is 0.636. The van der Waals surface area contributed by atoms with Crippen molar-refractivity contribution in [2.45, 2.75) is 40.7 Å². The largest absolute Gasteiger partial charge is 0.359 e. The van der Waals surface area contributed by atoms with Gasteiger partial charge in [-0.1, -0.05) is 25.2 Å². The third-order valence-corrected chi connectivity index (χ3v) is 3.06. The topological polar surface area (TPSA) is 42.0 Å². The summed E-state index contributed by atoms with van der Waals surface area (Å²) in [4.78, 5) is 16.9. The second-order valence-electron chi connectivity index (χ2n) is 4.25. The molecule has 0 fully saturated rings. The molecule has 0 aliphatic carbocycles. The molecule has 1 rings (SSSR count). The number of aryl methyl sites for hydroxylation is 1. The minimum atomic E-state index is 0.0380. The zero-order valence-corrected chi connectivity index (χ0v) is 10.7. The van der Waals surface area contributed by atoms with E-state index in [4.69, 9.17) is 0 Å². The van der Waals surface area contributed by atoms with E-state index >= 15 is 0 Å². The van der Waals surface area contributed by atoms with Gasteiger partial charge in [0.05, 0.1) is 10.6 Å². The lowest BCUT2D eigenvalue weighted by atomic mass is 10.1. The molecule has 84 valence electrons. The van der Waals surface area contributed by atoms with Crippen LogP contribution in [-0.2, 0) is 0 Å². The Morgan fingerprint density at radius 2 is 1.93 bits per heavy atom. The van der Waals surface area contributed by atoms with Gasteiger partial charge in [0.2, 0.25) is 0 Å². The number of carbonyl (C=O) groups excluding carboxylic acids is 1. The predicted molar refractivity (Wildman–Crippen MR) is 64.8 cm³/mol. The summed E-state index contributed by atoms with van der Waals surface area (Å²) in [6.07, 6.45) is 0. The highest BCUT2D eigenvalue weighted by molar-refractivity contribution is 7.17. The van der Waals surface area contributed by atoms with E-state index in [9.17, 15) is 4.79 Å². The third-order valence-electron chi connectivity index (χ3n) is 1.96. The van der Waals surface area contributed by atoms with E-state index in [0.717, 1.165) is 15.7 Å². The van der Waals surface area contributed by atoms with Gasteiger partial charge in [-0.25, -0.2) is 4.98 Å². The summed E-state index contributed by atoms with van der Waals surface area (Å²) >= 11 is 1.45. The van der Waals surface area contributed by atoms with Gasteiger partial charge in [0.1, 0.15) is 0 Å². The Morgan fingerprint density at radius 1 is 1.33 bits per heavy atom. The van der Waals surface area contributed by atoms with Crippen LogP contribution in [0.5, 0.6) is 0 Å². The highest BCUT2D eigenvalue weighted by Gasteiger charge is 2.17. The van der Waals surface area contributed by atoms with Crippen molar-refractivity contribution < 1.29 is 4.79 Å². The van der Waals surface area contributed by atoms with Crippen molar-refractivity contribution >= 4 is 22.3 Å². The van der Waals surface area contributed by atoms with Crippen molar-refractivity contribution in [3.8, 4) is 0 Å². The molecule has 0 aliphatic heterocycles. The zero-order valence-electron chi connectivity index (χ0n) is 9.92. The normalized spacial score (nSPS) is 11.1. The molecule has 4 heteroatoms. The molecular weight excluding hydrogens is 208 g/mol. The van der Waals surface area contributed by atoms with Gasteiger partial charge in [-0.2, -0.15) is 0 Å². The number of nitrogens with zero attached hydrogens (tertiary/aromatic N) is 1. The smallest absolute Gasteiger partial charge is 0.183 e. The molecule has 3 nitrogen and oxygen atoms in total. The molecule has 0 radical (unpaired) electrons. The summed E-state index contributed by atoms with van der Waals surface area (Å²) in [5, 5.41) is 4.05. The van der Waals surface area contributed by atoms with E-state index in [0.29, 0.717) is 6.04 Å². The Hall–Kier alpha value is -0.900. The van der Waals surface area contributed by atoms with E-state index in [1.54, 1.807) is 0 Å². The molecule has 0 amide bonds. The molecule has 0 aromatic carbocycles. The van der Waals surface area contributed by atoms with Gasteiger partial charge in [0, 0.05) is 12.0 Å². The molecule has 0 unspecified atom stereocenters. The van der Waals surface area contributed by atoms with Crippen LogP contribution in [0.1, 0.15) is 43.1 Å². The second kappa shape index (κ2) is 4.75. The van der Waals surface area contributed by atoms with Crippen LogP contribution in [-0.4, -0.2) is 16.8 Å². The molecule has 1 N–H and O–H groups in total. The first-order valence-corrected chi connectivity index (χ1v) is 6.01. The summed E-state index contributed by atoms with van der Waals surface area (Å²) in [5.41, 5.74) is 0.835. The van der Waals surface area contributed by atoms with Crippen LogP contribution in [0.4, 0.5) is 5.13 Å². The first-order valence-electron chi connectivity index (χ1n) is 5.20. The number of ketones is 1. The first-order chi connectivity index (χ1) is 6.91. The molecule has 0 atom stereocenters. The minimum Gasteiger partial charge on any atom is -0.359 e. The third kappa shape index (κ3) is 3.02. The van der Waals surface area contributed by atoms with Gasteiger partial charge in [-0.15, -0.1) is 0 Å². The molecule has 0 spiro atoms. The van der Waals surface area contributed by atoms with Crippen LogP contribution in [0.25, 0.3) is 0 Å². The van der Waals surface area contributed by atoms with Crippen molar-refractivity contribution in [1.29, 1.82) is 0 Å². The number of aromatic nitrogens is 1. The monoisotopic (exact) mass is 226 g/mol. The van der Waals surface area contributed by atoms with Crippen LogP contribution < -0.4 is 5.32 Å². The summed E-state index contributed by atoms with van der Waals surface area (Å²) in [6.45, 7) is 9.83. The van der Waals surface area contributed by atoms with Gasteiger partial charge < -0.3 is 5.32 Å². The van der Waals surface area contributed by atoms with Crippen molar-refractivity contribution in [3.05, 3.63) is 10.6 Å². The SMILES string of the molecule is Cc1nc(NC(C)C)sc1C(=O)C(C)C. The number of carbonyl (C=O) groups is 1. The Kier molecular flexibility index (Phi) is 3.85. The maximum Gasteiger partial charge on any atom is 0.183 e. The second-order valence-corrected chi connectivity index (χ2v) is 5.25. The van der Waals surface area contributed by atoms with E-state index in [-0.39, 0.29) is 11.7 Å². The Bertz CT molecular complexity index is 355. The minimum absolute atomic E-state index is 0.0380. The van der Waals surface area contributed by atoms with Crippen LogP contribution in [0.3, 0.4) is 0 Å². The molecule has 1 aromatic rings. The molecule has 0 saturated heterocycles. The molecule has 0 saturated carbocycles. The van der Waals surface area contributed by atoms with Crippen LogP contribution in [0, 0.1) is 12.8 Å². The molecule has 1 aromatic heterocycles. The van der Waals surface area contributed by atoms with Crippen LogP contribution in [0.2, 0.25) is 0 Å². The first kappa shape index (κ1) is 12.2. The van der Waals surface area contributed by atoms with E-state index in [2.05, 4.69) is 24.1 Å². The van der Waals surface area contributed by atoms with E-state index in [1.807, 2.05) is 20.8 Å². The zero-order chi connectivity index (χ0) is 11.6. The number of nitrogens with one attached hydrogen (secondary N) is 1. The number of thiazole rings is 1. The Balaban J connectivity index is 2.91. The van der Waals surface area contributed by atoms with Gasteiger partial charge in [-0.3, -0.25) is 4.79 Å². The maximum atomic E-state index is 11.8. The van der Waals surface area contributed by atoms with Gasteiger partial charge in [0.25, 0.3) is 0 Å². The summed E-state index contributed by atoms with van der Waals surface area (Å²) in [5.74, 6) is 0.220. The number of hydrogen-bond acceptors (Lipinski definition) is 4. The predicted octanol–water partition coefficient (Wildman–Crippen LogP) is 3.11.